The predicted molar refractivity (Wildman–Crippen MR) is 195 cm³/mol. The summed E-state index contributed by atoms with van der Waals surface area (Å²) in [6, 6.07) is 0. The van der Waals surface area contributed by atoms with Gasteiger partial charge in [-0.25, -0.2) is 0 Å². The zero-order valence-corrected chi connectivity index (χ0v) is 34.6. The van der Waals surface area contributed by atoms with E-state index in [-0.39, 0.29) is 57.9 Å². The second-order valence-electron chi connectivity index (χ2n) is 21.5. The van der Waals surface area contributed by atoms with E-state index in [4.69, 9.17) is 0 Å². The molecule has 0 atom stereocenters. The summed E-state index contributed by atoms with van der Waals surface area (Å²) < 4.78 is 3.22. The molecule has 0 aromatic rings. The molecule has 2 aliphatic heterocycles. The van der Waals surface area contributed by atoms with Crippen LogP contribution in [-0.2, 0) is 0 Å². The van der Waals surface area contributed by atoms with Crippen molar-refractivity contribution in [3.8, 4) is 0 Å². The molecule has 2 fully saturated rings. The fourth-order valence-corrected chi connectivity index (χ4v) is 13.3. The average molecular weight is 668 g/mol. The van der Waals surface area contributed by atoms with Crippen molar-refractivity contribution in [2.24, 2.45) is 21.7 Å². The van der Waals surface area contributed by atoms with Crippen molar-refractivity contribution in [3.05, 3.63) is 0 Å². The van der Waals surface area contributed by atoms with Crippen molar-refractivity contribution in [1.82, 2.24) is 19.6 Å². The van der Waals surface area contributed by atoms with Gasteiger partial charge in [0.1, 0.15) is 0 Å². The third-order valence-electron chi connectivity index (χ3n) is 8.98. The number of rotatable bonds is 8. The SMILES string of the molecule is CC(C)(C)CC(C)(C)N1CCN(C(C)(C)CC(C)(C)C)C1=[Se]=C1N(C(C)(C)CC(C)(C)C)CCN1C(C)(C)CC(C)(C)C. The van der Waals surface area contributed by atoms with E-state index < -0.39 is 0 Å². The van der Waals surface area contributed by atoms with E-state index in [0.717, 1.165) is 26.2 Å². The van der Waals surface area contributed by atoms with E-state index in [1.54, 1.807) is 9.33 Å². The molecule has 0 radical (unpaired) electrons. The Morgan fingerprint density at radius 3 is 0.651 bits per heavy atom. The summed E-state index contributed by atoms with van der Waals surface area (Å²) in [5.41, 5.74) is 1.49. The first-order valence-electron chi connectivity index (χ1n) is 17.3. The van der Waals surface area contributed by atoms with Gasteiger partial charge < -0.3 is 0 Å². The molecule has 0 aromatic heterocycles. The number of nitrogens with zero attached hydrogens (tertiary/aromatic N) is 4. The first-order valence-corrected chi connectivity index (χ1v) is 19.0. The third kappa shape index (κ3) is 11.1. The summed E-state index contributed by atoms with van der Waals surface area (Å²) in [7, 11) is 0. The molecule has 2 saturated heterocycles. The van der Waals surface area contributed by atoms with Crippen molar-refractivity contribution >= 4 is 23.4 Å². The van der Waals surface area contributed by atoms with Gasteiger partial charge in [-0.3, -0.25) is 0 Å². The van der Waals surface area contributed by atoms with Crippen molar-refractivity contribution in [1.29, 1.82) is 0 Å². The van der Waals surface area contributed by atoms with Crippen LogP contribution in [0.2, 0.25) is 0 Å². The maximum absolute atomic E-state index is 2.86. The van der Waals surface area contributed by atoms with E-state index in [1.165, 1.54) is 25.7 Å². The van der Waals surface area contributed by atoms with Gasteiger partial charge in [-0.1, -0.05) is 0 Å². The van der Waals surface area contributed by atoms with Crippen LogP contribution in [0, 0.1) is 21.7 Å². The molecule has 2 rings (SSSR count). The molecule has 0 N–H and O–H groups in total. The van der Waals surface area contributed by atoms with E-state index >= 15 is 0 Å². The molecule has 254 valence electrons. The molecular formula is C38H76N4Se. The van der Waals surface area contributed by atoms with E-state index in [9.17, 15) is 0 Å². The van der Waals surface area contributed by atoms with Crippen LogP contribution >= 0.6 is 0 Å². The Kier molecular flexibility index (Phi) is 11.5. The summed E-state index contributed by atoms with van der Waals surface area (Å²) in [4.78, 5) is 11.4. The molecule has 0 saturated carbocycles. The first-order chi connectivity index (χ1) is 18.8. The van der Waals surface area contributed by atoms with Crippen LogP contribution in [0.4, 0.5) is 0 Å². The van der Waals surface area contributed by atoms with Gasteiger partial charge in [0.15, 0.2) is 0 Å². The molecule has 0 spiro atoms. The zero-order chi connectivity index (χ0) is 33.8. The molecule has 4 nitrogen and oxygen atoms in total. The van der Waals surface area contributed by atoms with Gasteiger partial charge in [0.05, 0.1) is 0 Å². The van der Waals surface area contributed by atoms with E-state index in [2.05, 4.69) is 158 Å². The Balaban J connectivity index is 2.95. The van der Waals surface area contributed by atoms with Crippen LogP contribution in [0.25, 0.3) is 0 Å². The fraction of sp³-hybridized carbons (Fsp3) is 0.947. The molecule has 0 unspecified atom stereocenters. The molecular weight excluding hydrogens is 591 g/mol. The van der Waals surface area contributed by atoms with Crippen LogP contribution < -0.4 is 0 Å². The minimum absolute atomic E-state index is 0.0958. The van der Waals surface area contributed by atoms with Crippen LogP contribution in [0.15, 0.2) is 0 Å². The second kappa shape index (κ2) is 12.6. The fourth-order valence-electron chi connectivity index (χ4n) is 9.20. The summed E-state index contributed by atoms with van der Waals surface area (Å²) in [5.74, 6) is 0. The van der Waals surface area contributed by atoms with Gasteiger partial charge in [-0.15, -0.1) is 0 Å². The Morgan fingerprint density at radius 1 is 0.349 bits per heavy atom. The van der Waals surface area contributed by atoms with Crippen LogP contribution in [0.3, 0.4) is 0 Å². The standard InChI is InChI=1S/C38H76N4Se/c1-31(2,3)25-35(13,14)39-21-22-40(36(15,16)26-32(4,5)6)29(39)43-30-41(37(17,18)27-33(7,8)9)23-24-42(30)38(19,20)28-34(10,11)12/h21-28H2,1-20H3. The van der Waals surface area contributed by atoms with Gasteiger partial charge >= 0.3 is 277 Å². The Labute approximate surface area is 276 Å². The van der Waals surface area contributed by atoms with Gasteiger partial charge in [0, 0.05) is 0 Å². The molecule has 0 aliphatic carbocycles. The summed E-state index contributed by atoms with van der Waals surface area (Å²) >= 11 is 0.182. The van der Waals surface area contributed by atoms with Crippen molar-refractivity contribution in [3.63, 3.8) is 0 Å². The third-order valence-corrected chi connectivity index (χ3v) is 11.6. The monoisotopic (exact) mass is 669 g/mol. The van der Waals surface area contributed by atoms with Gasteiger partial charge in [0.2, 0.25) is 0 Å². The molecule has 0 bridgehead atoms. The van der Waals surface area contributed by atoms with Crippen molar-refractivity contribution in [2.75, 3.05) is 26.2 Å². The van der Waals surface area contributed by atoms with Crippen LogP contribution in [-0.4, -0.2) is 91.3 Å². The molecule has 0 amide bonds. The molecule has 43 heavy (non-hydrogen) atoms. The Bertz CT molecular complexity index is 874. The van der Waals surface area contributed by atoms with Gasteiger partial charge in [-0.05, 0) is 0 Å². The molecule has 5 heteroatoms. The van der Waals surface area contributed by atoms with Gasteiger partial charge in [-0.2, -0.15) is 0 Å². The zero-order valence-electron chi connectivity index (χ0n) is 32.9. The topological polar surface area (TPSA) is 13.0 Å². The first kappa shape index (κ1) is 39.3. The predicted octanol–water partition coefficient (Wildman–Crippen LogP) is 8.96. The molecule has 2 heterocycles. The quantitative estimate of drug-likeness (QED) is 0.240. The van der Waals surface area contributed by atoms with Gasteiger partial charge in [0.25, 0.3) is 0 Å². The Hall–Kier alpha value is 0.0995. The summed E-state index contributed by atoms with van der Waals surface area (Å²) in [5, 5.41) is 0. The second-order valence-corrected chi connectivity index (χ2v) is 23.4. The Morgan fingerprint density at radius 2 is 0.512 bits per heavy atom. The average Bonchev–Trinajstić information content (AvgIpc) is 3.26. The number of hydrogen-bond donors (Lipinski definition) is 0. The van der Waals surface area contributed by atoms with Crippen LogP contribution in [0.5, 0.6) is 0 Å². The summed E-state index contributed by atoms with van der Waals surface area (Å²) in [6.45, 7) is 53.5. The van der Waals surface area contributed by atoms with Crippen molar-refractivity contribution < 1.29 is 0 Å². The summed E-state index contributed by atoms with van der Waals surface area (Å²) in [6.07, 6.45) is 4.73. The maximum atomic E-state index is 2.86. The normalized spacial score (nSPS) is 20.6. The molecule has 2 aliphatic rings. The minimum atomic E-state index is 0.0958. The van der Waals surface area contributed by atoms with Crippen LogP contribution in [0.1, 0.15) is 164 Å². The van der Waals surface area contributed by atoms with E-state index in [1.807, 2.05) is 0 Å². The number of hydrogen-bond acceptors (Lipinski definition) is 4. The molecule has 0 aromatic carbocycles. The van der Waals surface area contributed by atoms with E-state index in [0.29, 0.717) is 0 Å². The van der Waals surface area contributed by atoms with Crippen molar-refractivity contribution in [2.45, 2.75) is 186 Å².